The maximum atomic E-state index is 6.06. The molecule has 0 saturated heterocycles. The van der Waals surface area contributed by atoms with E-state index in [4.69, 9.17) is 9.47 Å². The number of hydrogen-bond acceptors (Lipinski definition) is 3. The maximum absolute atomic E-state index is 6.06. The second kappa shape index (κ2) is 9.21. The van der Waals surface area contributed by atoms with Gasteiger partial charge in [0.05, 0.1) is 13.2 Å². The first-order valence-corrected chi connectivity index (χ1v) is 8.77. The normalized spacial score (nSPS) is 12.0. The summed E-state index contributed by atoms with van der Waals surface area (Å²) in [6.07, 6.45) is 1.08. The van der Waals surface area contributed by atoms with Crippen LogP contribution in [0.3, 0.4) is 0 Å². The van der Waals surface area contributed by atoms with Gasteiger partial charge in [0, 0.05) is 11.8 Å². The predicted molar refractivity (Wildman–Crippen MR) is 101 cm³/mol. The molecule has 0 saturated carbocycles. The van der Waals surface area contributed by atoms with Crippen LogP contribution in [0.4, 0.5) is 5.69 Å². The second-order valence-electron chi connectivity index (χ2n) is 6.57. The number of aryl methyl sites for hydroxylation is 1. The molecular formula is C21H29NO2. The molecule has 3 nitrogen and oxygen atoms in total. The number of ether oxygens (including phenoxy) is 2. The quantitative estimate of drug-likeness (QED) is 0.678. The van der Waals surface area contributed by atoms with E-state index in [1.54, 1.807) is 0 Å². The second-order valence-corrected chi connectivity index (χ2v) is 6.57. The van der Waals surface area contributed by atoms with E-state index in [1.165, 1.54) is 5.56 Å². The maximum Gasteiger partial charge on any atom is 0.121 e. The summed E-state index contributed by atoms with van der Waals surface area (Å²) in [5.74, 6) is 2.35. The van der Waals surface area contributed by atoms with E-state index >= 15 is 0 Å². The summed E-state index contributed by atoms with van der Waals surface area (Å²) in [4.78, 5) is 0. The number of nitrogens with one attached hydrogen (secondary N) is 1. The van der Waals surface area contributed by atoms with Crippen molar-refractivity contribution in [1.82, 2.24) is 0 Å². The van der Waals surface area contributed by atoms with Crippen LogP contribution < -0.4 is 14.8 Å². The zero-order valence-electron chi connectivity index (χ0n) is 15.2. The van der Waals surface area contributed by atoms with Crippen molar-refractivity contribution < 1.29 is 9.47 Å². The largest absolute Gasteiger partial charge is 0.493 e. The van der Waals surface area contributed by atoms with Crippen LogP contribution in [0.5, 0.6) is 11.5 Å². The molecule has 0 aliphatic carbocycles. The van der Waals surface area contributed by atoms with Gasteiger partial charge in [0.15, 0.2) is 0 Å². The monoisotopic (exact) mass is 327 g/mol. The first-order chi connectivity index (χ1) is 11.6. The van der Waals surface area contributed by atoms with E-state index < -0.39 is 0 Å². The summed E-state index contributed by atoms with van der Waals surface area (Å²) in [6.45, 7) is 10.0. The van der Waals surface area contributed by atoms with Crippen LogP contribution >= 0.6 is 0 Å². The smallest absolute Gasteiger partial charge is 0.121 e. The first kappa shape index (κ1) is 18.2. The van der Waals surface area contributed by atoms with Crippen molar-refractivity contribution in [2.24, 2.45) is 5.92 Å². The summed E-state index contributed by atoms with van der Waals surface area (Å²) < 4.78 is 11.8. The van der Waals surface area contributed by atoms with Crippen molar-refractivity contribution in [2.75, 3.05) is 18.5 Å². The molecule has 0 aliphatic rings. The van der Waals surface area contributed by atoms with E-state index in [9.17, 15) is 0 Å². The van der Waals surface area contributed by atoms with Crippen LogP contribution in [0.1, 0.15) is 32.8 Å². The fourth-order valence-corrected chi connectivity index (χ4v) is 2.27. The van der Waals surface area contributed by atoms with Crippen LogP contribution in [0, 0.1) is 12.8 Å². The molecule has 24 heavy (non-hydrogen) atoms. The third kappa shape index (κ3) is 6.15. The van der Waals surface area contributed by atoms with E-state index in [-0.39, 0.29) is 6.10 Å². The molecule has 0 amide bonds. The van der Waals surface area contributed by atoms with Gasteiger partial charge in [0.25, 0.3) is 0 Å². The average Bonchev–Trinajstić information content (AvgIpc) is 2.59. The van der Waals surface area contributed by atoms with Crippen molar-refractivity contribution in [1.29, 1.82) is 0 Å². The Balaban J connectivity index is 1.88. The van der Waals surface area contributed by atoms with Gasteiger partial charge in [-0.2, -0.15) is 0 Å². The van der Waals surface area contributed by atoms with Crippen molar-refractivity contribution in [3.05, 3.63) is 54.1 Å². The Morgan fingerprint density at radius 2 is 1.75 bits per heavy atom. The van der Waals surface area contributed by atoms with Crippen molar-refractivity contribution in [3.8, 4) is 11.5 Å². The van der Waals surface area contributed by atoms with Gasteiger partial charge in [-0.05, 0) is 43.5 Å². The summed E-state index contributed by atoms with van der Waals surface area (Å²) in [7, 11) is 0. The minimum absolute atomic E-state index is 0.132. The summed E-state index contributed by atoms with van der Waals surface area (Å²) in [6, 6.07) is 16.3. The Morgan fingerprint density at radius 1 is 1.00 bits per heavy atom. The number of rotatable bonds is 9. The molecule has 0 radical (unpaired) electrons. The van der Waals surface area contributed by atoms with Gasteiger partial charge >= 0.3 is 0 Å². The fraction of sp³-hybridized carbons (Fsp3) is 0.429. The Morgan fingerprint density at radius 3 is 2.42 bits per heavy atom. The van der Waals surface area contributed by atoms with Gasteiger partial charge in [-0.15, -0.1) is 0 Å². The highest BCUT2D eigenvalue weighted by Crippen LogP contribution is 2.19. The molecule has 1 N–H and O–H groups in total. The number of hydrogen-bond donors (Lipinski definition) is 1. The molecule has 1 atom stereocenters. The zero-order valence-corrected chi connectivity index (χ0v) is 15.2. The van der Waals surface area contributed by atoms with Crippen molar-refractivity contribution in [2.45, 2.75) is 40.2 Å². The highest BCUT2D eigenvalue weighted by Gasteiger charge is 2.08. The lowest BCUT2D eigenvalue weighted by molar-refractivity contribution is 0.210. The highest BCUT2D eigenvalue weighted by molar-refractivity contribution is 5.48. The molecule has 0 fully saturated rings. The third-order valence-electron chi connectivity index (χ3n) is 3.73. The molecule has 0 heterocycles. The average molecular weight is 327 g/mol. The molecule has 2 aromatic carbocycles. The molecule has 3 heteroatoms. The lowest BCUT2D eigenvalue weighted by Gasteiger charge is -2.19. The van der Waals surface area contributed by atoms with Crippen molar-refractivity contribution >= 4 is 5.69 Å². The lowest BCUT2D eigenvalue weighted by Crippen LogP contribution is -2.25. The topological polar surface area (TPSA) is 30.5 Å². The van der Waals surface area contributed by atoms with Gasteiger partial charge in [0.1, 0.15) is 17.6 Å². The SMILES string of the molecule is CCC(CNc1cccc(OCC(C)C)c1)Oc1ccc(C)cc1. The summed E-state index contributed by atoms with van der Waals surface area (Å²) in [5, 5.41) is 3.45. The number of benzene rings is 2. The number of anilines is 1. The zero-order chi connectivity index (χ0) is 17.4. The molecular weight excluding hydrogens is 298 g/mol. The lowest BCUT2D eigenvalue weighted by atomic mass is 10.2. The van der Waals surface area contributed by atoms with Gasteiger partial charge < -0.3 is 14.8 Å². The highest BCUT2D eigenvalue weighted by atomic mass is 16.5. The molecule has 2 rings (SSSR count). The third-order valence-corrected chi connectivity index (χ3v) is 3.73. The van der Waals surface area contributed by atoms with Crippen LogP contribution in [-0.2, 0) is 0 Å². The fourth-order valence-electron chi connectivity index (χ4n) is 2.27. The first-order valence-electron chi connectivity index (χ1n) is 8.77. The van der Waals surface area contributed by atoms with Gasteiger partial charge in [-0.25, -0.2) is 0 Å². The molecule has 0 aliphatic heterocycles. The van der Waals surface area contributed by atoms with E-state index in [0.29, 0.717) is 5.92 Å². The summed E-state index contributed by atoms with van der Waals surface area (Å²) in [5.41, 5.74) is 2.30. The summed E-state index contributed by atoms with van der Waals surface area (Å²) >= 11 is 0. The van der Waals surface area contributed by atoms with Crippen molar-refractivity contribution in [3.63, 3.8) is 0 Å². The van der Waals surface area contributed by atoms with Crippen LogP contribution in [0.25, 0.3) is 0 Å². The Labute approximate surface area is 146 Å². The molecule has 130 valence electrons. The molecule has 2 aromatic rings. The Kier molecular flexibility index (Phi) is 6.98. The Hall–Kier alpha value is -2.16. The van der Waals surface area contributed by atoms with E-state index in [1.807, 2.05) is 30.3 Å². The minimum atomic E-state index is 0.132. The van der Waals surface area contributed by atoms with Crippen LogP contribution in [0.2, 0.25) is 0 Å². The minimum Gasteiger partial charge on any atom is -0.493 e. The molecule has 0 spiro atoms. The van der Waals surface area contributed by atoms with Gasteiger partial charge in [-0.1, -0.05) is 44.5 Å². The van der Waals surface area contributed by atoms with Gasteiger partial charge in [0.2, 0.25) is 0 Å². The molecule has 0 bridgehead atoms. The molecule has 0 aromatic heterocycles. The standard InChI is InChI=1S/C21H29NO2/c1-5-19(24-20-11-9-17(4)10-12-20)14-22-18-7-6-8-21(13-18)23-15-16(2)3/h6-13,16,19,22H,5,14-15H2,1-4H3. The van der Waals surface area contributed by atoms with Crippen LogP contribution in [-0.4, -0.2) is 19.3 Å². The predicted octanol–water partition coefficient (Wildman–Crippen LogP) is 5.30. The van der Waals surface area contributed by atoms with Gasteiger partial charge in [-0.3, -0.25) is 0 Å². The molecule has 1 unspecified atom stereocenters. The van der Waals surface area contributed by atoms with E-state index in [2.05, 4.69) is 51.2 Å². The van der Waals surface area contributed by atoms with E-state index in [0.717, 1.165) is 36.8 Å². The van der Waals surface area contributed by atoms with Crippen LogP contribution in [0.15, 0.2) is 48.5 Å². The Bertz CT molecular complexity index is 607.